The van der Waals surface area contributed by atoms with Gasteiger partial charge in [-0.05, 0) is 54.8 Å². The fourth-order valence-corrected chi connectivity index (χ4v) is 4.54. The molecule has 0 atom stereocenters. The van der Waals surface area contributed by atoms with Crippen LogP contribution in [0.2, 0.25) is 0 Å². The summed E-state index contributed by atoms with van der Waals surface area (Å²) in [4.78, 5) is 19.6. The Labute approximate surface area is 191 Å². The molecule has 0 radical (unpaired) electrons. The number of benzene rings is 2. The maximum absolute atomic E-state index is 12.5. The maximum Gasteiger partial charge on any atom is 0.238 e. The maximum atomic E-state index is 12.5. The van der Waals surface area contributed by atoms with Gasteiger partial charge in [-0.25, -0.2) is 0 Å². The molecular weight excluding hydrogens is 398 g/mol. The number of carbonyl (C=O) groups excluding carboxylic acids is 1. The van der Waals surface area contributed by atoms with Crippen LogP contribution in [-0.2, 0) is 11.3 Å². The number of piperazine rings is 1. The van der Waals surface area contributed by atoms with Gasteiger partial charge in [0.2, 0.25) is 5.91 Å². The summed E-state index contributed by atoms with van der Waals surface area (Å²) in [6.45, 7) is 7.23. The first kappa shape index (κ1) is 22.3. The standard InChI is InChI=1S/C26H33N5O/c27-19-22-5-7-23(8-6-22)20-29-15-17-30(18-16-29)21-26(32)28-24-9-11-25(12-10-24)31-13-3-1-2-4-14-31/h5-12H,1-4,13-18,20-21H2,(H,28,32). The monoisotopic (exact) mass is 431 g/mol. The topological polar surface area (TPSA) is 62.6 Å². The van der Waals surface area contributed by atoms with Crippen LogP contribution >= 0.6 is 0 Å². The third kappa shape index (κ3) is 6.32. The van der Waals surface area contributed by atoms with Gasteiger partial charge >= 0.3 is 0 Å². The molecule has 6 heteroatoms. The van der Waals surface area contributed by atoms with Crippen LogP contribution in [0.3, 0.4) is 0 Å². The molecule has 2 saturated heterocycles. The van der Waals surface area contributed by atoms with Gasteiger partial charge < -0.3 is 10.2 Å². The van der Waals surface area contributed by atoms with E-state index in [2.05, 4.69) is 38.2 Å². The van der Waals surface area contributed by atoms with Gasteiger partial charge in [0.25, 0.3) is 0 Å². The van der Waals surface area contributed by atoms with Gasteiger partial charge in [0.15, 0.2) is 0 Å². The molecule has 0 aromatic heterocycles. The average molecular weight is 432 g/mol. The van der Waals surface area contributed by atoms with Crippen LogP contribution in [0.15, 0.2) is 48.5 Å². The first-order valence-electron chi connectivity index (χ1n) is 11.8. The molecule has 4 rings (SSSR count). The van der Waals surface area contributed by atoms with Gasteiger partial charge in [0.1, 0.15) is 0 Å². The zero-order valence-corrected chi connectivity index (χ0v) is 18.8. The Hall–Kier alpha value is -2.88. The highest BCUT2D eigenvalue weighted by molar-refractivity contribution is 5.92. The Bertz CT molecular complexity index is 903. The molecule has 6 nitrogen and oxygen atoms in total. The lowest BCUT2D eigenvalue weighted by atomic mass is 10.1. The normalized spacial score (nSPS) is 18.0. The average Bonchev–Trinajstić information content (AvgIpc) is 3.11. The van der Waals surface area contributed by atoms with E-state index in [0.717, 1.165) is 51.5 Å². The highest BCUT2D eigenvalue weighted by atomic mass is 16.2. The number of hydrogen-bond donors (Lipinski definition) is 1. The zero-order chi connectivity index (χ0) is 22.2. The van der Waals surface area contributed by atoms with E-state index in [0.29, 0.717) is 12.1 Å². The molecule has 2 heterocycles. The van der Waals surface area contributed by atoms with Crippen molar-refractivity contribution in [2.24, 2.45) is 0 Å². The molecule has 32 heavy (non-hydrogen) atoms. The molecule has 2 aliphatic rings. The van der Waals surface area contributed by atoms with Crippen molar-refractivity contribution < 1.29 is 4.79 Å². The molecule has 0 bridgehead atoms. The zero-order valence-electron chi connectivity index (χ0n) is 18.8. The van der Waals surface area contributed by atoms with Crippen molar-refractivity contribution in [1.29, 1.82) is 5.26 Å². The summed E-state index contributed by atoms with van der Waals surface area (Å²) in [6.07, 6.45) is 5.18. The van der Waals surface area contributed by atoms with E-state index in [1.54, 1.807) is 0 Å². The van der Waals surface area contributed by atoms with Crippen molar-refractivity contribution in [2.45, 2.75) is 32.2 Å². The Morgan fingerprint density at radius 1 is 0.812 bits per heavy atom. The molecule has 1 amide bonds. The van der Waals surface area contributed by atoms with Gasteiger partial charge in [-0.2, -0.15) is 5.26 Å². The molecule has 0 spiro atoms. The molecule has 2 aromatic carbocycles. The highest BCUT2D eigenvalue weighted by Gasteiger charge is 2.19. The number of anilines is 2. The number of nitrogens with zero attached hydrogens (tertiary/aromatic N) is 4. The van der Waals surface area contributed by atoms with Crippen molar-refractivity contribution in [2.75, 3.05) is 56.0 Å². The molecular formula is C26H33N5O. The first-order valence-corrected chi connectivity index (χ1v) is 11.8. The third-order valence-corrected chi connectivity index (χ3v) is 6.44. The first-order chi connectivity index (χ1) is 15.7. The van der Waals surface area contributed by atoms with Crippen LogP contribution in [0.4, 0.5) is 11.4 Å². The van der Waals surface area contributed by atoms with Crippen molar-refractivity contribution in [3.63, 3.8) is 0 Å². The molecule has 2 fully saturated rings. The van der Waals surface area contributed by atoms with Gasteiger partial charge in [0.05, 0.1) is 18.2 Å². The molecule has 0 unspecified atom stereocenters. The minimum Gasteiger partial charge on any atom is -0.372 e. The van der Waals surface area contributed by atoms with E-state index in [1.807, 2.05) is 36.4 Å². The summed E-state index contributed by atoms with van der Waals surface area (Å²) in [6, 6.07) is 18.2. The lowest BCUT2D eigenvalue weighted by molar-refractivity contribution is -0.117. The summed E-state index contributed by atoms with van der Waals surface area (Å²) in [5.41, 5.74) is 4.04. The fourth-order valence-electron chi connectivity index (χ4n) is 4.54. The number of rotatable bonds is 6. The SMILES string of the molecule is N#Cc1ccc(CN2CCN(CC(=O)Nc3ccc(N4CCCCCC4)cc3)CC2)cc1. The summed E-state index contributed by atoms with van der Waals surface area (Å²) in [5.74, 6) is 0.0491. The molecule has 0 saturated carbocycles. The van der Waals surface area contributed by atoms with Crippen LogP contribution in [0.5, 0.6) is 0 Å². The largest absolute Gasteiger partial charge is 0.372 e. The van der Waals surface area contributed by atoms with Crippen LogP contribution in [0, 0.1) is 11.3 Å². The summed E-state index contributed by atoms with van der Waals surface area (Å²) in [5, 5.41) is 12.0. The molecule has 2 aliphatic heterocycles. The van der Waals surface area contributed by atoms with Crippen molar-refractivity contribution in [3.8, 4) is 6.07 Å². The second-order valence-electron chi connectivity index (χ2n) is 8.86. The van der Waals surface area contributed by atoms with E-state index in [1.165, 1.54) is 36.9 Å². The summed E-state index contributed by atoms with van der Waals surface area (Å²) < 4.78 is 0. The lowest BCUT2D eigenvalue weighted by Gasteiger charge is -2.34. The van der Waals surface area contributed by atoms with E-state index >= 15 is 0 Å². The Morgan fingerprint density at radius 3 is 2.06 bits per heavy atom. The van der Waals surface area contributed by atoms with Crippen LogP contribution < -0.4 is 10.2 Å². The van der Waals surface area contributed by atoms with Gasteiger partial charge in [-0.3, -0.25) is 14.6 Å². The van der Waals surface area contributed by atoms with Crippen LogP contribution in [0.1, 0.15) is 36.8 Å². The predicted octanol–water partition coefficient (Wildman–Crippen LogP) is 3.69. The highest BCUT2D eigenvalue weighted by Crippen LogP contribution is 2.21. The minimum atomic E-state index is 0.0491. The third-order valence-electron chi connectivity index (χ3n) is 6.44. The van der Waals surface area contributed by atoms with Crippen molar-refractivity contribution in [1.82, 2.24) is 9.80 Å². The Balaban J connectivity index is 1.19. The van der Waals surface area contributed by atoms with Gasteiger partial charge in [-0.1, -0.05) is 25.0 Å². The van der Waals surface area contributed by atoms with E-state index < -0.39 is 0 Å². The van der Waals surface area contributed by atoms with E-state index in [9.17, 15) is 4.79 Å². The fraction of sp³-hybridized carbons (Fsp3) is 0.462. The molecule has 168 valence electrons. The van der Waals surface area contributed by atoms with Crippen LogP contribution in [-0.4, -0.2) is 61.5 Å². The van der Waals surface area contributed by atoms with E-state index in [4.69, 9.17) is 5.26 Å². The lowest BCUT2D eigenvalue weighted by Crippen LogP contribution is -2.48. The predicted molar refractivity (Wildman–Crippen MR) is 129 cm³/mol. The Kier molecular flexibility index (Phi) is 7.76. The second kappa shape index (κ2) is 11.1. The van der Waals surface area contributed by atoms with Gasteiger partial charge in [-0.15, -0.1) is 0 Å². The number of carbonyl (C=O) groups is 1. The molecule has 2 aromatic rings. The minimum absolute atomic E-state index is 0.0491. The molecule has 1 N–H and O–H groups in total. The second-order valence-corrected chi connectivity index (χ2v) is 8.86. The number of amides is 1. The van der Waals surface area contributed by atoms with Crippen molar-refractivity contribution in [3.05, 3.63) is 59.7 Å². The smallest absolute Gasteiger partial charge is 0.238 e. The summed E-state index contributed by atoms with van der Waals surface area (Å²) >= 11 is 0. The van der Waals surface area contributed by atoms with Crippen molar-refractivity contribution >= 4 is 17.3 Å². The number of nitrogens with one attached hydrogen (secondary N) is 1. The quantitative estimate of drug-likeness (QED) is 0.756. The number of hydrogen-bond acceptors (Lipinski definition) is 5. The molecule has 0 aliphatic carbocycles. The summed E-state index contributed by atoms with van der Waals surface area (Å²) in [7, 11) is 0. The van der Waals surface area contributed by atoms with E-state index in [-0.39, 0.29) is 5.91 Å². The van der Waals surface area contributed by atoms with Gasteiger partial charge in [0, 0.05) is 57.2 Å². The Morgan fingerprint density at radius 2 is 1.44 bits per heavy atom. The number of nitriles is 1. The van der Waals surface area contributed by atoms with Crippen LogP contribution in [0.25, 0.3) is 0 Å².